The first-order chi connectivity index (χ1) is 13.6. The molecular formula is C20H16N4O3S. The molecule has 0 radical (unpaired) electrons. The number of rotatable bonds is 6. The molecule has 2 aromatic heterocycles. The number of pyridine rings is 1. The zero-order chi connectivity index (χ0) is 19.5. The van der Waals surface area contributed by atoms with Crippen molar-refractivity contribution >= 4 is 29.1 Å². The van der Waals surface area contributed by atoms with Gasteiger partial charge in [-0.3, -0.25) is 24.3 Å². The summed E-state index contributed by atoms with van der Waals surface area (Å²) in [6.07, 6.45) is 4.03. The van der Waals surface area contributed by atoms with Gasteiger partial charge in [-0.15, -0.1) is 11.3 Å². The molecule has 7 nitrogen and oxygen atoms in total. The Balaban J connectivity index is 1.30. The summed E-state index contributed by atoms with van der Waals surface area (Å²) in [7, 11) is 0. The van der Waals surface area contributed by atoms with Crippen molar-refractivity contribution in [2.24, 2.45) is 0 Å². The van der Waals surface area contributed by atoms with Crippen LogP contribution in [0, 0.1) is 0 Å². The molecule has 3 amide bonds. The van der Waals surface area contributed by atoms with Crippen LogP contribution < -0.4 is 5.32 Å². The quantitative estimate of drug-likeness (QED) is 0.649. The Labute approximate surface area is 165 Å². The van der Waals surface area contributed by atoms with Crippen LogP contribution in [0.4, 0.5) is 0 Å². The van der Waals surface area contributed by atoms with Gasteiger partial charge in [-0.2, -0.15) is 0 Å². The third kappa shape index (κ3) is 3.54. The zero-order valence-corrected chi connectivity index (χ0v) is 15.6. The molecule has 0 fully saturated rings. The van der Waals surface area contributed by atoms with Gasteiger partial charge >= 0.3 is 0 Å². The molecule has 3 aromatic rings. The summed E-state index contributed by atoms with van der Waals surface area (Å²) < 4.78 is 0. The highest BCUT2D eigenvalue weighted by Crippen LogP contribution is 2.23. The number of nitrogens with one attached hydrogen (secondary N) is 1. The van der Waals surface area contributed by atoms with Crippen molar-refractivity contribution in [1.82, 2.24) is 20.2 Å². The summed E-state index contributed by atoms with van der Waals surface area (Å²) in [6.45, 7) is 0.0859. The van der Waals surface area contributed by atoms with Crippen LogP contribution in [-0.2, 0) is 11.2 Å². The van der Waals surface area contributed by atoms with E-state index in [4.69, 9.17) is 0 Å². The van der Waals surface area contributed by atoms with Gasteiger partial charge in [0.2, 0.25) is 5.91 Å². The van der Waals surface area contributed by atoms with E-state index in [-0.39, 0.29) is 12.5 Å². The van der Waals surface area contributed by atoms with Gasteiger partial charge in [0, 0.05) is 36.3 Å². The van der Waals surface area contributed by atoms with Gasteiger partial charge in [-0.1, -0.05) is 12.1 Å². The van der Waals surface area contributed by atoms with Crippen molar-refractivity contribution in [3.8, 4) is 10.6 Å². The molecular weight excluding hydrogens is 376 g/mol. The molecule has 4 rings (SSSR count). The second-order valence-corrected chi connectivity index (χ2v) is 7.09. The van der Waals surface area contributed by atoms with Crippen LogP contribution >= 0.6 is 11.3 Å². The van der Waals surface area contributed by atoms with Crippen molar-refractivity contribution < 1.29 is 14.4 Å². The summed E-state index contributed by atoms with van der Waals surface area (Å²) in [5.41, 5.74) is 2.50. The second-order valence-electron chi connectivity index (χ2n) is 6.23. The molecule has 8 heteroatoms. The summed E-state index contributed by atoms with van der Waals surface area (Å²) in [5, 5.41) is 5.56. The van der Waals surface area contributed by atoms with E-state index in [2.05, 4.69) is 15.3 Å². The number of amides is 3. The number of imide groups is 1. The lowest BCUT2D eigenvalue weighted by Crippen LogP contribution is -2.40. The SMILES string of the molecule is O=C(CN1C(=O)c2ccccc2C1=O)NCCc1csc(-c2cccnc2)n1. The molecule has 0 saturated heterocycles. The van der Waals surface area contributed by atoms with Crippen molar-refractivity contribution in [2.45, 2.75) is 6.42 Å². The lowest BCUT2D eigenvalue weighted by atomic mass is 10.1. The highest BCUT2D eigenvalue weighted by Gasteiger charge is 2.36. The molecule has 0 aliphatic carbocycles. The Morgan fingerprint density at radius 3 is 2.50 bits per heavy atom. The van der Waals surface area contributed by atoms with E-state index in [0.717, 1.165) is 21.2 Å². The Morgan fingerprint density at radius 2 is 1.82 bits per heavy atom. The summed E-state index contributed by atoms with van der Waals surface area (Å²) in [5.74, 6) is -1.25. The summed E-state index contributed by atoms with van der Waals surface area (Å²) in [4.78, 5) is 46.3. The standard InChI is InChI=1S/C20H16N4O3S/c25-17(11-24-19(26)15-5-1-2-6-16(15)20(24)27)22-9-7-14-12-28-18(23-14)13-4-3-8-21-10-13/h1-6,8,10,12H,7,9,11H2,(H,22,25). The number of thiazole rings is 1. The Morgan fingerprint density at radius 1 is 1.07 bits per heavy atom. The monoisotopic (exact) mass is 392 g/mol. The van der Waals surface area contributed by atoms with Crippen LogP contribution in [0.3, 0.4) is 0 Å². The van der Waals surface area contributed by atoms with Crippen LogP contribution in [0.15, 0.2) is 54.2 Å². The van der Waals surface area contributed by atoms with Crippen molar-refractivity contribution in [2.75, 3.05) is 13.1 Å². The minimum Gasteiger partial charge on any atom is -0.354 e. The number of hydrogen-bond donors (Lipinski definition) is 1. The number of carbonyl (C=O) groups excluding carboxylic acids is 3. The van der Waals surface area contributed by atoms with Gasteiger partial charge in [0.1, 0.15) is 11.6 Å². The van der Waals surface area contributed by atoms with E-state index in [1.54, 1.807) is 36.7 Å². The first kappa shape index (κ1) is 18.0. The van der Waals surface area contributed by atoms with Crippen LogP contribution in [0.2, 0.25) is 0 Å². The predicted octanol–water partition coefficient (Wildman–Crippen LogP) is 2.16. The van der Waals surface area contributed by atoms with E-state index >= 15 is 0 Å². The summed E-state index contributed by atoms with van der Waals surface area (Å²) >= 11 is 1.52. The first-order valence-corrected chi connectivity index (χ1v) is 9.58. The normalized spacial score (nSPS) is 12.9. The zero-order valence-electron chi connectivity index (χ0n) is 14.8. The first-order valence-electron chi connectivity index (χ1n) is 8.70. The third-order valence-corrected chi connectivity index (χ3v) is 5.28. The molecule has 1 aromatic carbocycles. The Kier molecular flexibility index (Phi) is 4.94. The van der Waals surface area contributed by atoms with Crippen LogP contribution in [0.25, 0.3) is 10.6 Å². The predicted molar refractivity (Wildman–Crippen MR) is 104 cm³/mol. The molecule has 1 N–H and O–H groups in total. The van der Waals surface area contributed by atoms with E-state index in [0.29, 0.717) is 24.1 Å². The van der Waals surface area contributed by atoms with Gasteiger partial charge in [-0.05, 0) is 24.3 Å². The minimum atomic E-state index is -0.434. The number of nitrogens with zero attached hydrogens (tertiary/aromatic N) is 3. The van der Waals surface area contributed by atoms with Gasteiger partial charge in [0.05, 0.1) is 16.8 Å². The van der Waals surface area contributed by atoms with E-state index < -0.39 is 11.8 Å². The maximum atomic E-state index is 12.3. The Hall–Kier alpha value is -3.39. The van der Waals surface area contributed by atoms with Crippen LogP contribution in [0.5, 0.6) is 0 Å². The van der Waals surface area contributed by atoms with Gasteiger partial charge in [0.25, 0.3) is 11.8 Å². The maximum Gasteiger partial charge on any atom is 0.262 e. The molecule has 28 heavy (non-hydrogen) atoms. The second kappa shape index (κ2) is 7.69. The molecule has 140 valence electrons. The minimum absolute atomic E-state index is 0.287. The van der Waals surface area contributed by atoms with Crippen molar-refractivity contribution in [1.29, 1.82) is 0 Å². The maximum absolute atomic E-state index is 12.3. The average molecular weight is 392 g/mol. The molecule has 0 saturated carbocycles. The molecule has 3 heterocycles. The summed E-state index contributed by atoms with van der Waals surface area (Å²) in [6, 6.07) is 10.4. The smallest absolute Gasteiger partial charge is 0.262 e. The Bertz CT molecular complexity index is 1010. The highest BCUT2D eigenvalue weighted by molar-refractivity contribution is 7.13. The van der Waals surface area contributed by atoms with E-state index in [9.17, 15) is 14.4 Å². The van der Waals surface area contributed by atoms with Gasteiger partial charge < -0.3 is 5.32 Å². The molecule has 1 aliphatic heterocycles. The number of fused-ring (bicyclic) bond motifs is 1. The number of aromatic nitrogens is 2. The third-order valence-electron chi connectivity index (χ3n) is 4.34. The fraction of sp³-hybridized carbons (Fsp3) is 0.150. The van der Waals surface area contributed by atoms with E-state index in [1.165, 1.54) is 11.3 Å². The van der Waals surface area contributed by atoms with Gasteiger partial charge in [-0.25, -0.2) is 4.98 Å². The average Bonchev–Trinajstić information content (AvgIpc) is 3.28. The molecule has 0 bridgehead atoms. The largest absolute Gasteiger partial charge is 0.354 e. The van der Waals surface area contributed by atoms with Crippen molar-refractivity contribution in [3.63, 3.8) is 0 Å². The molecule has 0 unspecified atom stereocenters. The van der Waals surface area contributed by atoms with Gasteiger partial charge in [0.15, 0.2) is 0 Å². The van der Waals surface area contributed by atoms with Crippen LogP contribution in [0.1, 0.15) is 26.4 Å². The number of carbonyl (C=O) groups is 3. The lowest BCUT2D eigenvalue weighted by Gasteiger charge is -2.13. The van der Waals surface area contributed by atoms with Crippen molar-refractivity contribution in [3.05, 3.63) is 71.0 Å². The fourth-order valence-corrected chi connectivity index (χ4v) is 3.80. The number of hydrogen-bond acceptors (Lipinski definition) is 6. The topological polar surface area (TPSA) is 92.3 Å². The molecule has 1 aliphatic rings. The van der Waals surface area contributed by atoms with E-state index in [1.807, 2.05) is 17.5 Å². The molecule has 0 spiro atoms. The lowest BCUT2D eigenvalue weighted by molar-refractivity contribution is -0.121. The van der Waals surface area contributed by atoms with Crippen LogP contribution in [-0.4, -0.2) is 45.7 Å². The highest BCUT2D eigenvalue weighted by atomic mass is 32.1. The number of benzene rings is 1. The molecule has 0 atom stereocenters. The fourth-order valence-electron chi connectivity index (χ4n) is 2.96.